The van der Waals surface area contributed by atoms with Gasteiger partial charge in [-0.05, 0) is 42.4 Å². The van der Waals surface area contributed by atoms with Gasteiger partial charge in [-0.1, -0.05) is 19.1 Å². The minimum Gasteiger partial charge on any atom is -0.388 e. The maximum absolute atomic E-state index is 12.8. The van der Waals surface area contributed by atoms with Crippen LogP contribution in [-0.4, -0.2) is 41.1 Å². The third-order valence-corrected chi connectivity index (χ3v) is 5.20. The molecule has 1 heterocycles. The Morgan fingerprint density at radius 1 is 1.39 bits per heavy atom. The van der Waals surface area contributed by atoms with Gasteiger partial charge in [-0.2, -0.15) is 0 Å². The van der Waals surface area contributed by atoms with E-state index in [1.165, 1.54) is 12.1 Å². The Labute approximate surface area is 136 Å². The van der Waals surface area contributed by atoms with Crippen LogP contribution in [-0.2, 0) is 11.3 Å². The first kappa shape index (κ1) is 16.4. The Bertz CT molecular complexity index is 559. The molecule has 4 nitrogen and oxygen atoms in total. The van der Waals surface area contributed by atoms with Crippen LogP contribution in [0, 0.1) is 17.7 Å². The highest BCUT2D eigenvalue weighted by Gasteiger charge is 2.52. The highest BCUT2D eigenvalue weighted by atomic mass is 19.1. The van der Waals surface area contributed by atoms with Crippen LogP contribution in [0.1, 0.15) is 31.7 Å². The normalized spacial score (nSPS) is 28.0. The molecule has 0 spiro atoms. The molecule has 1 amide bonds. The van der Waals surface area contributed by atoms with Crippen molar-refractivity contribution in [3.05, 3.63) is 35.6 Å². The molecule has 1 saturated carbocycles. The molecule has 1 aromatic carbocycles. The number of carbonyl (C=O) groups is 1. The number of halogens is 1. The molecule has 1 aromatic rings. The number of likely N-dealkylation sites (tertiary alicyclic amines) is 1. The van der Waals surface area contributed by atoms with E-state index in [0.29, 0.717) is 32.0 Å². The van der Waals surface area contributed by atoms with Crippen molar-refractivity contribution < 1.29 is 14.3 Å². The summed E-state index contributed by atoms with van der Waals surface area (Å²) in [5, 5.41) is 13.6. The van der Waals surface area contributed by atoms with Gasteiger partial charge in [0.2, 0.25) is 5.91 Å². The summed E-state index contributed by atoms with van der Waals surface area (Å²) in [5.41, 5.74) is 0.336. The summed E-state index contributed by atoms with van der Waals surface area (Å²) in [7, 11) is 0. The zero-order valence-corrected chi connectivity index (χ0v) is 13.6. The van der Waals surface area contributed by atoms with Gasteiger partial charge < -0.3 is 10.4 Å². The zero-order valence-electron chi connectivity index (χ0n) is 13.6. The smallest absolute Gasteiger partial charge is 0.221 e. The third-order valence-electron chi connectivity index (χ3n) is 5.20. The van der Waals surface area contributed by atoms with Crippen molar-refractivity contribution >= 4 is 5.91 Å². The van der Waals surface area contributed by atoms with Gasteiger partial charge in [0.05, 0.1) is 5.60 Å². The highest BCUT2D eigenvalue weighted by molar-refractivity contribution is 5.76. The number of rotatable bonds is 6. The molecule has 126 valence electrons. The van der Waals surface area contributed by atoms with Gasteiger partial charge in [-0.25, -0.2) is 4.39 Å². The number of hydrogen-bond donors (Lipinski definition) is 2. The van der Waals surface area contributed by atoms with E-state index in [2.05, 4.69) is 17.1 Å². The number of nitrogens with one attached hydrogen (secondary N) is 1. The maximum atomic E-state index is 12.8. The number of nitrogens with zero attached hydrogens (tertiary/aromatic N) is 1. The Hall–Kier alpha value is -1.46. The van der Waals surface area contributed by atoms with Crippen molar-refractivity contribution in [2.45, 2.75) is 38.3 Å². The predicted octanol–water partition coefficient (Wildman–Crippen LogP) is 1.92. The average Bonchev–Trinajstić information content (AvgIpc) is 3.33. The van der Waals surface area contributed by atoms with Gasteiger partial charge in [0.25, 0.3) is 0 Å². The van der Waals surface area contributed by atoms with E-state index in [1.54, 1.807) is 12.1 Å². The summed E-state index contributed by atoms with van der Waals surface area (Å²) in [4.78, 5) is 14.1. The lowest BCUT2D eigenvalue weighted by molar-refractivity contribution is -0.121. The molecule has 3 rings (SSSR count). The van der Waals surface area contributed by atoms with Gasteiger partial charge in [0.15, 0.2) is 0 Å². The first-order chi connectivity index (χ1) is 11.0. The first-order valence-corrected chi connectivity index (χ1v) is 8.43. The molecule has 0 aromatic heterocycles. The lowest BCUT2D eigenvalue weighted by Crippen LogP contribution is -2.39. The fourth-order valence-corrected chi connectivity index (χ4v) is 3.56. The Morgan fingerprint density at radius 2 is 2.09 bits per heavy atom. The summed E-state index contributed by atoms with van der Waals surface area (Å²) in [5.74, 6) is 0.447. The summed E-state index contributed by atoms with van der Waals surface area (Å²) in [6.07, 6.45) is 2.69. The second kappa shape index (κ2) is 6.57. The average molecular weight is 320 g/mol. The number of aliphatic hydroxyl groups is 1. The van der Waals surface area contributed by atoms with Gasteiger partial charge in [-0.15, -0.1) is 0 Å². The summed E-state index contributed by atoms with van der Waals surface area (Å²) in [6.45, 7) is 4.74. The number of carbonyl (C=O) groups excluding carboxylic acids is 1. The topological polar surface area (TPSA) is 52.6 Å². The van der Waals surface area contributed by atoms with E-state index in [0.717, 1.165) is 24.9 Å². The van der Waals surface area contributed by atoms with Gasteiger partial charge in [-0.3, -0.25) is 9.69 Å². The van der Waals surface area contributed by atoms with Crippen LogP contribution < -0.4 is 5.32 Å². The summed E-state index contributed by atoms with van der Waals surface area (Å²) >= 11 is 0. The third kappa shape index (κ3) is 3.90. The molecule has 0 unspecified atom stereocenters. The van der Waals surface area contributed by atoms with E-state index in [4.69, 9.17) is 0 Å². The lowest BCUT2D eigenvalue weighted by atomic mass is 9.88. The van der Waals surface area contributed by atoms with Crippen LogP contribution >= 0.6 is 0 Å². The maximum Gasteiger partial charge on any atom is 0.221 e. The molecule has 2 aliphatic rings. The van der Waals surface area contributed by atoms with Gasteiger partial charge in [0.1, 0.15) is 5.82 Å². The first-order valence-electron chi connectivity index (χ1n) is 8.43. The molecule has 0 bridgehead atoms. The molecule has 0 radical (unpaired) electrons. The minimum absolute atomic E-state index is 0.0103. The second-order valence-corrected chi connectivity index (χ2v) is 7.05. The van der Waals surface area contributed by atoms with Crippen LogP contribution in [0.25, 0.3) is 0 Å². The van der Waals surface area contributed by atoms with Crippen LogP contribution in [0.5, 0.6) is 0 Å². The van der Waals surface area contributed by atoms with Crippen molar-refractivity contribution in [1.82, 2.24) is 10.2 Å². The Balaban J connectivity index is 1.40. The second-order valence-electron chi connectivity index (χ2n) is 7.05. The fraction of sp³-hybridized carbons (Fsp3) is 0.611. The predicted molar refractivity (Wildman–Crippen MR) is 86.1 cm³/mol. The van der Waals surface area contributed by atoms with Crippen molar-refractivity contribution in [1.29, 1.82) is 0 Å². The Morgan fingerprint density at radius 3 is 2.74 bits per heavy atom. The minimum atomic E-state index is -0.551. The van der Waals surface area contributed by atoms with Crippen LogP contribution in [0.3, 0.4) is 0 Å². The molecule has 2 atom stereocenters. The van der Waals surface area contributed by atoms with Crippen LogP contribution in [0.2, 0.25) is 0 Å². The molecule has 23 heavy (non-hydrogen) atoms. The molecule has 1 saturated heterocycles. The molecule has 2 N–H and O–H groups in total. The van der Waals surface area contributed by atoms with E-state index in [-0.39, 0.29) is 17.6 Å². The van der Waals surface area contributed by atoms with E-state index < -0.39 is 5.60 Å². The SMILES string of the molecule is C[C@@H]1CN(CCC(=O)NCc2ccc(F)cc2)C[C@@]1(O)C1CC1. The van der Waals surface area contributed by atoms with Crippen molar-refractivity contribution in [2.75, 3.05) is 19.6 Å². The number of benzene rings is 1. The van der Waals surface area contributed by atoms with Crippen molar-refractivity contribution in [3.8, 4) is 0 Å². The lowest BCUT2D eigenvalue weighted by Gasteiger charge is -2.26. The molecular formula is C18H25FN2O2. The van der Waals surface area contributed by atoms with Crippen LogP contribution in [0.4, 0.5) is 4.39 Å². The monoisotopic (exact) mass is 320 g/mol. The van der Waals surface area contributed by atoms with Crippen molar-refractivity contribution in [3.63, 3.8) is 0 Å². The summed E-state index contributed by atoms with van der Waals surface area (Å²) < 4.78 is 12.8. The zero-order chi connectivity index (χ0) is 16.4. The largest absolute Gasteiger partial charge is 0.388 e. The molecule has 5 heteroatoms. The molecular weight excluding hydrogens is 295 g/mol. The highest BCUT2D eigenvalue weighted by Crippen LogP contribution is 2.46. The molecule has 1 aliphatic heterocycles. The van der Waals surface area contributed by atoms with E-state index in [9.17, 15) is 14.3 Å². The molecule has 2 fully saturated rings. The van der Waals surface area contributed by atoms with Crippen molar-refractivity contribution in [2.24, 2.45) is 11.8 Å². The quantitative estimate of drug-likeness (QED) is 0.842. The molecule has 1 aliphatic carbocycles. The standard InChI is InChI=1S/C18H25FN2O2/c1-13-11-21(12-18(13,23)15-4-5-15)9-8-17(22)20-10-14-2-6-16(19)7-3-14/h2-3,6-7,13,15,23H,4-5,8-12H2,1H3,(H,20,22)/t13-,18+/m1/s1. The fourth-order valence-electron chi connectivity index (χ4n) is 3.56. The van der Waals surface area contributed by atoms with E-state index >= 15 is 0 Å². The number of β-amino-alcohol motifs (C(OH)–C–C–N with tert-alkyl or cyclic N) is 1. The van der Waals surface area contributed by atoms with Gasteiger partial charge in [0, 0.05) is 32.6 Å². The Kier molecular flexibility index (Phi) is 4.69. The van der Waals surface area contributed by atoms with Gasteiger partial charge >= 0.3 is 0 Å². The summed E-state index contributed by atoms with van der Waals surface area (Å²) in [6, 6.07) is 6.14. The van der Waals surface area contributed by atoms with E-state index in [1.807, 2.05) is 0 Å². The number of amides is 1. The number of hydrogen-bond acceptors (Lipinski definition) is 3. The van der Waals surface area contributed by atoms with Crippen LogP contribution in [0.15, 0.2) is 24.3 Å².